The number of nitrogens with zero attached hydrogens (tertiary/aromatic N) is 3. The van der Waals surface area contributed by atoms with Gasteiger partial charge < -0.3 is 10.0 Å². The molecule has 38 heavy (non-hydrogen) atoms. The van der Waals surface area contributed by atoms with Crippen molar-refractivity contribution in [1.82, 2.24) is 15.3 Å². The van der Waals surface area contributed by atoms with Crippen molar-refractivity contribution in [3.63, 3.8) is 0 Å². The summed E-state index contributed by atoms with van der Waals surface area (Å²) in [4.78, 5) is 32.0. The van der Waals surface area contributed by atoms with Gasteiger partial charge in [0.1, 0.15) is 5.75 Å². The molecular formula is C30H29ClN4O3. The number of nitrogens with one attached hydrogen (secondary N) is 1. The van der Waals surface area contributed by atoms with E-state index in [-0.39, 0.29) is 22.2 Å². The first-order chi connectivity index (χ1) is 18.5. The predicted octanol–water partition coefficient (Wildman–Crippen LogP) is 5.38. The average molecular weight is 529 g/mol. The van der Waals surface area contributed by atoms with E-state index < -0.39 is 5.91 Å². The lowest BCUT2D eigenvalue weighted by Crippen LogP contribution is -2.35. The van der Waals surface area contributed by atoms with Gasteiger partial charge in [-0.15, -0.1) is 0 Å². The lowest BCUT2D eigenvalue weighted by molar-refractivity contribution is -0.130. The Morgan fingerprint density at radius 2 is 1.82 bits per heavy atom. The normalized spacial score (nSPS) is 11.1. The fourth-order valence-corrected chi connectivity index (χ4v) is 4.41. The number of carbonyl (C=O) groups excluding carboxylic acids is 2. The minimum Gasteiger partial charge on any atom is -0.506 e. The Kier molecular flexibility index (Phi) is 9.06. The maximum Gasteiger partial charge on any atom is 0.271 e. The van der Waals surface area contributed by atoms with Crippen LogP contribution in [0.4, 0.5) is 0 Å². The van der Waals surface area contributed by atoms with Gasteiger partial charge in [-0.1, -0.05) is 61.0 Å². The molecule has 0 radical (unpaired) electrons. The van der Waals surface area contributed by atoms with Gasteiger partial charge in [-0.25, -0.2) is 5.43 Å². The lowest BCUT2D eigenvalue weighted by Gasteiger charge is -2.22. The Bertz CT molecular complexity index is 1460. The minimum atomic E-state index is -0.448. The molecular weight excluding hydrogens is 500 g/mol. The molecule has 0 aliphatic carbocycles. The fourth-order valence-electron chi connectivity index (χ4n) is 4.23. The topological polar surface area (TPSA) is 94.9 Å². The van der Waals surface area contributed by atoms with Gasteiger partial charge in [0.15, 0.2) is 0 Å². The molecule has 0 bridgehead atoms. The second-order valence-electron chi connectivity index (χ2n) is 8.85. The van der Waals surface area contributed by atoms with E-state index in [0.717, 1.165) is 34.0 Å². The molecule has 4 rings (SSSR count). The van der Waals surface area contributed by atoms with Gasteiger partial charge in [0.2, 0.25) is 5.91 Å². The van der Waals surface area contributed by atoms with Crippen molar-refractivity contribution < 1.29 is 14.7 Å². The van der Waals surface area contributed by atoms with Gasteiger partial charge >= 0.3 is 0 Å². The Morgan fingerprint density at radius 1 is 1.03 bits per heavy atom. The van der Waals surface area contributed by atoms with Crippen molar-refractivity contribution in [2.45, 2.75) is 26.2 Å². The van der Waals surface area contributed by atoms with Gasteiger partial charge in [-0.2, -0.15) is 5.10 Å². The third kappa shape index (κ3) is 6.75. The molecule has 0 spiro atoms. The summed E-state index contributed by atoms with van der Waals surface area (Å²) in [5, 5.41) is 15.6. The molecule has 2 N–H and O–H groups in total. The standard InChI is InChI=1S/C30H29ClN4O3/c1-2-16-35(17-14-24-7-5-6-15-32-24)29(37)19-21-10-11-23(26-9-4-3-8-25(21)26)20-33-34-30(38)22-12-13-28(36)27(31)18-22/h3-13,15,18,20,36H,2,14,16-17,19H2,1H3,(H,34,38)/b33-20+. The largest absolute Gasteiger partial charge is 0.506 e. The number of aromatic nitrogens is 1. The number of fused-ring (bicyclic) bond motifs is 1. The third-order valence-electron chi connectivity index (χ3n) is 6.18. The van der Waals surface area contributed by atoms with Crippen LogP contribution in [0.5, 0.6) is 5.75 Å². The zero-order chi connectivity index (χ0) is 26.9. The number of hydrogen-bond acceptors (Lipinski definition) is 5. The van der Waals surface area contributed by atoms with Crippen LogP contribution in [0, 0.1) is 0 Å². The maximum atomic E-state index is 13.3. The molecule has 7 nitrogen and oxygen atoms in total. The number of carbonyl (C=O) groups is 2. The Balaban J connectivity index is 1.48. The number of phenolic OH excluding ortho intramolecular Hbond substituents is 1. The van der Waals surface area contributed by atoms with Crippen LogP contribution in [-0.4, -0.2) is 46.1 Å². The minimum absolute atomic E-state index is 0.0779. The number of pyridine rings is 1. The van der Waals surface area contributed by atoms with E-state index in [1.807, 2.05) is 59.5 Å². The van der Waals surface area contributed by atoms with Gasteiger partial charge in [-0.3, -0.25) is 14.6 Å². The van der Waals surface area contributed by atoms with Crippen molar-refractivity contribution in [3.05, 3.63) is 106 Å². The van der Waals surface area contributed by atoms with Crippen molar-refractivity contribution in [2.75, 3.05) is 13.1 Å². The molecule has 0 aliphatic rings. The van der Waals surface area contributed by atoms with E-state index in [9.17, 15) is 14.7 Å². The smallest absolute Gasteiger partial charge is 0.271 e. The monoisotopic (exact) mass is 528 g/mol. The summed E-state index contributed by atoms with van der Waals surface area (Å²) in [5.74, 6) is -0.464. The van der Waals surface area contributed by atoms with E-state index in [0.29, 0.717) is 25.9 Å². The van der Waals surface area contributed by atoms with Crippen molar-refractivity contribution in [1.29, 1.82) is 0 Å². The van der Waals surface area contributed by atoms with E-state index in [1.54, 1.807) is 12.4 Å². The van der Waals surface area contributed by atoms with Crippen LogP contribution in [0.25, 0.3) is 10.8 Å². The number of hydrazone groups is 1. The van der Waals surface area contributed by atoms with Crippen molar-refractivity contribution in [3.8, 4) is 5.75 Å². The fraction of sp³-hybridized carbons (Fsp3) is 0.200. The number of aromatic hydroxyl groups is 1. The Labute approximate surface area is 226 Å². The molecule has 0 saturated heterocycles. The zero-order valence-corrected chi connectivity index (χ0v) is 21.9. The SMILES string of the molecule is CCCN(CCc1ccccn1)C(=O)Cc1ccc(/C=N/NC(=O)c2ccc(O)c(Cl)c2)c2ccccc12. The second-order valence-corrected chi connectivity index (χ2v) is 9.26. The first-order valence-electron chi connectivity index (χ1n) is 12.5. The lowest BCUT2D eigenvalue weighted by atomic mass is 9.97. The van der Waals surface area contributed by atoms with E-state index in [1.165, 1.54) is 18.2 Å². The highest BCUT2D eigenvalue weighted by atomic mass is 35.5. The third-order valence-corrected chi connectivity index (χ3v) is 6.48. The van der Waals surface area contributed by atoms with Crippen LogP contribution in [-0.2, 0) is 17.6 Å². The molecule has 0 aliphatic heterocycles. The number of halogens is 1. The molecule has 2 amide bonds. The highest BCUT2D eigenvalue weighted by Gasteiger charge is 2.16. The van der Waals surface area contributed by atoms with E-state index in [2.05, 4.69) is 22.4 Å². The van der Waals surface area contributed by atoms with Crippen LogP contribution in [0.2, 0.25) is 5.02 Å². The average Bonchev–Trinajstić information content (AvgIpc) is 2.94. The first-order valence-corrected chi connectivity index (χ1v) is 12.8. The summed E-state index contributed by atoms with van der Waals surface area (Å²) < 4.78 is 0. The van der Waals surface area contributed by atoms with Gasteiger partial charge in [0.05, 0.1) is 17.7 Å². The quantitative estimate of drug-likeness (QED) is 0.213. The molecule has 0 fully saturated rings. The summed E-state index contributed by atoms with van der Waals surface area (Å²) in [6.07, 6.45) is 5.23. The molecule has 0 unspecified atom stereocenters. The summed E-state index contributed by atoms with van der Waals surface area (Å²) in [5.41, 5.74) is 5.48. The molecule has 1 aromatic heterocycles. The Morgan fingerprint density at radius 3 is 2.55 bits per heavy atom. The molecule has 0 atom stereocenters. The number of rotatable bonds is 10. The number of hydrogen-bond donors (Lipinski definition) is 2. The number of phenols is 1. The van der Waals surface area contributed by atoms with Crippen molar-refractivity contribution in [2.24, 2.45) is 5.10 Å². The van der Waals surface area contributed by atoms with Crippen LogP contribution >= 0.6 is 11.6 Å². The van der Waals surface area contributed by atoms with Crippen LogP contribution in [0.3, 0.4) is 0 Å². The maximum absolute atomic E-state index is 13.3. The number of benzene rings is 3. The van der Waals surface area contributed by atoms with Gasteiger partial charge in [0.25, 0.3) is 5.91 Å². The molecule has 3 aromatic carbocycles. The highest BCUT2D eigenvalue weighted by molar-refractivity contribution is 6.32. The zero-order valence-electron chi connectivity index (χ0n) is 21.1. The Hall–Kier alpha value is -4.23. The molecule has 1 heterocycles. The second kappa shape index (κ2) is 12.8. The van der Waals surface area contributed by atoms with Gasteiger partial charge in [-0.05, 0) is 53.1 Å². The summed E-state index contributed by atoms with van der Waals surface area (Å²) in [7, 11) is 0. The van der Waals surface area contributed by atoms with Crippen LogP contribution in [0.1, 0.15) is 40.5 Å². The van der Waals surface area contributed by atoms with Gasteiger partial charge in [0, 0.05) is 42.5 Å². The summed E-state index contributed by atoms with van der Waals surface area (Å²) in [6, 6.07) is 21.7. The molecule has 0 saturated carbocycles. The van der Waals surface area contributed by atoms with Crippen LogP contribution < -0.4 is 5.43 Å². The highest BCUT2D eigenvalue weighted by Crippen LogP contribution is 2.24. The number of amides is 2. The van der Waals surface area contributed by atoms with Crippen LogP contribution in [0.15, 0.2) is 84.1 Å². The summed E-state index contributed by atoms with van der Waals surface area (Å²) >= 11 is 5.89. The summed E-state index contributed by atoms with van der Waals surface area (Å²) in [6.45, 7) is 3.39. The molecule has 8 heteroatoms. The van der Waals surface area contributed by atoms with Crippen molar-refractivity contribution >= 4 is 40.4 Å². The first kappa shape index (κ1) is 26.8. The predicted molar refractivity (Wildman–Crippen MR) is 151 cm³/mol. The van der Waals surface area contributed by atoms with E-state index in [4.69, 9.17) is 11.6 Å². The molecule has 4 aromatic rings. The van der Waals surface area contributed by atoms with E-state index >= 15 is 0 Å². The molecule has 194 valence electrons.